The minimum absolute atomic E-state index is 0.115. The van der Waals surface area contributed by atoms with Gasteiger partial charge in [0.15, 0.2) is 23.4 Å². The van der Waals surface area contributed by atoms with Gasteiger partial charge in [-0.15, -0.1) is 0 Å². The molecule has 1 aromatic heterocycles. The number of fused-ring (bicyclic) bond motifs is 2. The van der Waals surface area contributed by atoms with Crippen molar-refractivity contribution >= 4 is 35.2 Å². The van der Waals surface area contributed by atoms with Crippen LogP contribution in [0.2, 0.25) is 0 Å². The van der Waals surface area contributed by atoms with E-state index in [0.717, 1.165) is 6.08 Å². The summed E-state index contributed by atoms with van der Waals surface area (Å²) in [6, 6.07) is 8.85. The molecule has 2 aliphatic rings. The Balaban J connectivity index is 1.28. The van der Waals surface area contributed by atoms with Crippen LogP contribution in [-0.4, -0.2) is 113 Å². The summed E-state index contributed by atoms with van der Waals surface area (Å²) >= 11 is 0. The van der Waals surface area contributed by atoms with Crippen LogP contribution in [0.25, 0.3) is 22.5 Å². The number of hydrogen-bond donors (Lipinski definition) is 5. The number of anilines is 1. The van der Waals surface area contributed by atoms with Crippen molar-refractivity contribution in [3.05, 3.63) is 95.0 Å². The number of ketones is 2. The second-order valence-electron chi connectivity index (χ2n) is 17.6. The first-order valence-corrected chi connectivity index (χ1v) is 23.5. The number of unbranched alkanes of at least 4 members (excludes halogenated alkanes) is 2. The lowest BCUT2D eigenvalue weighted by atomic mass is 9.85. The average Bonchev–Trinajstić information content (AvgIpc) is 3.86. The molecule has 388 valence electrons. The third kappa shape index (κ3) is 14.0. The zero-order chi connectivity index (χ0) is 52.6. The Kier molecular flexibility index (Phi) is 20.3. The molecule has 0 radical (unpaired) electrons. The number of carbonyl (C=O) groups excluding carboxylic acids is 5. The fourth-order valence-electron chi connectivity index (χ4n) is 8.63. The van der Waals surface area contributed by atoms with Crippen molar-refractivity contribution in [2.45, 2.75) is 90.6 Å². The number of allylic oxidation sites excluding steroid dienone is 4. The highest BCUT2D eigenvalue weighted by molar-refractivity contribution is 6.23. The monoisotopic (exact) mass is 997 g/mol. The molecule has 0 fully saturated rings. The maximum atomic E-state index is 14.2. The van der Waals surface area contributed by atoms with Crippen LogP contribution in [0.3, 0.4) is 0 Å². The molecule has 6 unspecified atom stereocenters. The number of rotatable bonds is 17. The van der Waals surface area contributed by atoms with Gasteiger partial charge in [0.2, 0.25) is 23.2 Å². The fraction of sp³-hybridized carbons (Fsp3) is 0.434. The highest BCUT2D eigenvalue weighted by atomic mass is 16.6. The number of nitrogens with zero attached hydrogens (tertiary/aromatic N) is 1. The third-order valence-electron chi connectivity index (χ3n) is 12.5. The number of aromatic nitrogens is 1. The van der Waals surface area contributed by atoms with Gasteiger partial charge < -0.3 is 64.5 Å². The zero-order valence-electron chi connectivity index (χ0n) is 42.5. The molecule has 72 heavy (non-hydrogen) atoms. The molecule has 0 spiro atoms. The quantitative estimate of drug-likeness (QED) is 0.0523. The van der Waals surface area contributed by atoms with Crippen molar-refractivity contribution in [1.29, 1.82) is 0 Å². The first-order valence-electron chi connectivity index (χ1n) is 23.5. The SMILES string of the molecule is COc1ccc(-c2cnoc2-c2cc(OC)c(OC)c(OC)c2)cc1NC(=O)CCCCCNC1=C2CC(C)CC(OC)C(O)C(C)C=C(C)C(OC(N)=O)C(OC)C=CC=C(C)C(=O)NC(=CC1=O)C2=O. The van der Waals surface area contributed by atoms with Crippen LogP contribution >= 0.6 is 0 Å². The van der Waals surface area contributed by atoms with Crippen molar-refractivity contribution < 1.29 is 66.8 Å². The summed E-state index contributed by atoms with van der Waals surface area (Å²) in [5, 5.41) is 24.3. The maximum Gasteiger partial charge on any atom is 0.405 e. The Hall–Kier alpha value is -7.22. The van der Waals surface area contributed by atoms with E-state index in [1.807, 2.05) is 13.0 Å². The van der Waals surface area contributed by atoms with E-state index in [9.17, 15) is 29.1 Å². The number of ether oxygens (including phenoxy) is 7. The number of amides is 3. The highest BCUT2D eigenvalue weighted by Crippen LogP contribution is 2.44. The number of Topliss-reactive ketones (excluding diaryl/α,β-unsaturated/α-hetero) is 1. The van der Waals surface area contributed by atoms with Gasteiger partial charge in [-0.05, 0) is 80.9 Å². The van der Waals surface area contributed by atoms with Gasteiger partial charge >= 0.3 is 6.09 Å². The molecule has 6 N–H and O–H groups in total. The molecule has 3 amide bonds. The summed E-state index contributed by atoms with van der Waals surface area (Å²) in [5.41, 5.74) is 8.72. The van der Waals surface area contributed by atoms with Gasteiger partial charge in [-0.3, -0.25) is 19.2 Å². The van der Waals surface area contributed by atoms with Crippen LogP contribution in [0, 0.1) is 11.8 Å². The predicted octanol–water partition coefficient (Wildman–Crippen LogP) is 6.91. The highest BCUT2D eigenvalue weighted by Gasteiger charge is 2.34. The lowest BCUT2D eigenvalue weighted by Crippen LogP contribution is -2.38. The van der Waals surface area contributed by atoms with Crippen LogP contribution in [0.15, 0.2) is 99.5 Å². The van der Waals surface area contributed by atoms with E-state index in [0.29, 0.717) is 88.9 Å². The number of primary amides is 1. The molecule has 3 aromatic rings. The molecule has 2 bridgehead atoms. The molecule has 6 atom stereocenters. The summed E-state index contributed by atoms with van der Waals surface area (Å²) in [4.78, 5) is 66.6. The van der Waals surface area contributed by atoms with Crippen LogP contribution in [0.1, 0.15) is 66.2 Å². The molecular formula is C53H67N5O14. The summed E-state index contributed by atoms with van der Waals surface area (Å²) in [7, 11) is 8.98. The Labute approximate surface area is 419 Å². The number of aliphatic hydroxyl groups excluding tert-OH is 1. The summed E-state index contributed by atoms with van der Waals surface area (Å²) in [6.07, 6.45) is 6.77. The van der Waals surface area contributed by atoms with E-state index in [4.69, 9.17) is 43.4 Å². The van der Waals surface area contributed by atoms with Crippen molar-refractivity contribution in [3.8, 4) is 45.4 Å². The molecule has 1 aliphatic carbocycles. The van der Waals surface area contributed by atoms with Crippen LogP contribution in [0.4, 0.5) is 10.5 Å². The number of nitrogens with two attached hydrogens (primary N) is 1. The second kappa shape index (κ2) is 26.3. The van der Waals surface area contributed by atoms with Crippen molar-refractivity contribution in [3.63, 3.8) is 0 Å². The van der Waals surface area contributed by atoms with Crippen LogP contribution in [0.5, 0.6) is 23.0 Å². The van der Waals surface area contributed by atoms with Crippen molar-refractivity contribution in [1.82, 2.24) is 15.8 Å². The lowest BCUT2D eigenvalue weighted by Gasteiger charge is -2.30. The van der Waals surface area contributed by atoms with Crippen molar-refractivity contribution in [2.75, 3.05) is 54.5 Å². The molecule has 2 aromatic carbocycles. The lowest BCUT2D eigenvalue weighted by molar-refractivity contribution is -0.120. The van der Waals surface area contributed by atoms with Gasteiger partial charge in [0.25, 0.3) is 5.91 Å². The molecule has 2 heterocycles. The zero-order valence-corrected chi connectivity index (χ0v) is 42.5. The molecule has 1 aliphatic heterocycles. The number of carbonyl (C=O) groups is 5. The van der Waals surface area contributed by atoms with Gasteiger partial charge in [-0.1, -0.05) is 55.8 Å². The van der Waals surface area contributed by atoms with Crippen molar-refractivity contribution in [2.24, 2.45) is 17.6 Å². The normalized spacial score (nSPS) is 21.2. The van der Waals surface area contributed by atoms with Gasteiger partial charge in [0.05, 0.1) is 63.9 Å². The van der Waals surface area contributed by atoms with Crippen LogP contribution < -0.4 is 40.6 Å². The van der Waals surface area contributed by atoms with E-state index in [1.54, 1.807) is 62.5 Å². The number of methoxy groups -OCH3 is 6. The van der Waals surface area contributed by atoms with E-state index in [2.05, 4.69) is 21.1 Å². The summed E-state index contributed by atoms with van der Waals surface area (Å²) in [5.74, 6) is -0.481. The van der Waals surface area contributed by atoms with Crippen LogP contribution in [-0.2, 0) is 33.4 Å². The molecule has 19 heteroatoms. The van der Waals surface area contributed by atoms with E-state index in [1.165, 1.54) is 55.7 Å². The summed E-state index contributed by atoms with van der Waals surface area (Å²) < 4.78 is 44.6. The van der Waals surface area contributed by atoms with Gasteiger partial charge in [0.1, 0.15) is 11.9 Å². The predicted molar refractivity (Wildman–Crippen MR) is 268 cm³/mol. The van der Waals surface area contributed by atoms with Gasteiger partial charge in [-0.25, -0.2) is 4.79 Å². The molecule has 0 saturated heterocycles. The van der Waals surface area contributed by atoms with Gasteiger partial charge in [0, 0.05) is 61.5 Å². The Morgan fingerprint density at radius 2 is 1.61 bits per heavy atom. The first-order chi connectivity index (χ1) is 34.5. The standard InChI is InChI=1S/C53H67N5O14/c1-29-21-35-46(39(59)27-38(48(35)62)58-52(63)30(2)15-14-16-41(66-6)49(71-53(54)64)32(4)23-31(3)47(61)42(22-29)67-7)55-20-13-11-12-17-45(60)57-37-24-33(18-19-40(37)65-5)36-28-56-72-50(36)34-25-43(68-8)51(70-10)44(26-34)69-9/h14-16,18-19,23-29,31,41-42,47,49,55,61H,11-13,17,20-22H2,1-10H3,(H2,54,64)(H,57,60)(H,58,63). The number of hydrogen-bond acceptors (Lipinski definition) is 16. The Morgan fingerprint density at radius 3 is 2.25 bits per heavy atom. The molecule has 5 rings (SSSR count). The number of nitrogens with one attached hydrogen (secondary N) is 3. The average molecular weight is 998 g/mol. The molecule has 0 saturated carbocycles. The second-order valence-corrected chi connectivity index (χ2v) is 17.6. The Morgan fingerprint density at radius 1 is 0.903 bits per heavy atom. The topological polar surface area (TPSA) is 258 Å². The molecular weight excluding hydrogens is 931 g/mol. The largest absolute Gasteiger partial charge is 0.495 e. The van der Waals surface area contributed by atoms with E-state index < -0.39 is 53.9 Å². The van der Waals surface area contributed by atoms with E-state index in [-0.39, 0.29) is 47.2 Å². The smallest absolute Gasteiger partial charge is 0.405 e. The number of aliphatic hydroxyl groups is 1. The Bertz CT molecular complexity index is 2590. The maximum absolute atomic E-state index is 14.2. The number of benzene rings is 2. The van der Waals surface area contributed by atoms with Gasteiger partial charge in [-0.2, -0.15) is 0 Å². The summed E-state index contributed by atoms with van der Waals surface area (Å²) in [6.45, 7) is 7.25. The minimum Gasteiger partial charge on any atom is -0.495 e. The fourth-order valence-corrected chi connectivity index (χ4v) is 8.63. The molecule has 19 nitrogen and oxygen atoms in total. The first kappa shape index (κ1) is 55.7. The minimum atomic E-state index is -1.03. The van der Waals surface area contributed by atoms with E-state index >= 15 is 0 Å². The third-order valence-corrected chi connectivity index (χ3v) is 12.5.